The molecule has 1 aromatic heterocycles. The third-order valence-corrected chi connectivity index (χ3v) is 3.90. The normalized spacial score (nSPS) is 15.3. The molecular formula is C17H14N4O2. The van der Waals surface area contributed by atoms with Gasteiger partial charge in [-0.05, 0) is 24.3 Å². The van der Waals surface area contributed by atoms with Gasteiger partial charge in [0.05, 0.1) is 5.35 Å². The number of hydrogen-bond donors (Lipinski definition) is 2. The van der Waals surface area contributed by atoms with Gasteiger partial charge in [0.1, 0.15) is 5.57 Å². The van der Waals surface area contributed by atoms with Crippen molar-refractivity contribution < 1.29 is 9.59 Å². The first-order valence-corrected chi connectivity index (χ1v) is 7.38. The Morgan fingerprint density at radius 2 is 2.09 bits per heavy atom. The number of hydrogen-bond acceptors (Lipinski definition) is 4. The van der Waals surface area contributed by atoms with E-state index in [1.54, 1.807) is 18.3 Å². The molecule has 3 heterocycles. The van der Waals surface area contributed by atoms with Crippen molar-refractivity contribution in [3.8, 4) is 0 Å². The zero-order valence-corrected chi connectivity index (χ0v) is 12.2. The van der Waals surface area contributed by atoms with Crippen LogP contribution in [0.4, 0.5) is 11.5 Å². The molecule has 0 spiro atoms. The van der Waals surface area contributed by atoms with Crippen LogP contribution >= 0.6 is 0 Å². The number of anilines is 2. The lowest BCUT2D eigenvalue weighted by molar-refractivity contribution is -0.117. The van der Waals surface area contributed by atoms with Crippen LogP contribution in [0.3, 0.4) is 0 Å². The highest BCUT2D eigenvalue weighted by molar-refractivity contribution is 6.43. The van der Waals surface area contributed by atoms with Crippen LogP contribution in [0.5, 0.6) is 0 Å². The van der Waals surface area contributed by atoms with Crippen molar-refractivity contribution >= 4 is 34.8 Å². The molecule has 6 nitrogen and oxygen atoms in total. The summed E-state index contributed by atoms with van der Waals surface area (Å²) in [6.07, 6.45) is 5.86. The second-order valence-electron chi connectivity index (χ2n) is 5.36. The van der Waals surface area contributed by atoms with Crippen molar-refractivity contribution in [2.45, 2.75) is 13.0 Å². The smallest absolute Gasteiger partial charge is 0.263 e. The quantitative estimate of drug-likeness (QED) is 0.840. The summed E-state index contributed by atoms with van der Waals surface area (Å²) in [6, 6.07) is 9.08. The van der Waals surface area contributed by atoms with Gasteiger partial charge in [0.15, 0.2) is 17.1 Å². The fourth-order valence-electron chi connectivity index (χ4n) is 2.83. The van der Waals surface area contributed by atoms with Crippen LogP contribution < -0.4 is 21.5 Å². The Hall–Kier alpha value is -3.15. The van der Waals surface area contributed by atoms with E-state index in [0.29, 0.717) is 30.0 Å². The first kappa shape index (κ1) is 13.5. The summed E-state index contributed by atoms with van der Waals surface area (Å²) in [5, 5.41) is 6.70. The van der Waals surface area contributed by atoms with Gasteiger partial charge >= 0.3 is 0 Å². The Morgan fingerprint density at radius 3 is 2.91 bits per heavy atom. The third kappa shape index (κ3) is 2.24. The van der Waals surface area contributed by atoms with E-state index in [1.807, 2.05) is 34.9 Å². The molecule has 0 bridgehead atoms. The SMILES string of the molecule is O=C1CCn2c(nc3c2=CC=CN3)=C1C(=O)Nc1ccccc1. The number of carbonyl (C=O) groups is 2. The Morgan fingerprint density at radius 1 is 1.26 bits per heavy atom. The van der Waals surface area contributed by atoms with Crippen molar-refractivity contribution in [2.24, 2.45) is 0 Å². The lowest BCUT2D eigenvalue weighted by atomic mass is 10.1. The molecule has 0 saturated heterocycles. The maximum Gasteiger partial charge on any atom is 0.263 e. The van der Waals surface area contributed by atoms with Gasteiger partial charge in [-0.2, -0.15) is 0 Å². The van der Waals surface area contributed by atoms with E-state index in [1.165, 1.54) is 0 Å². The van der Waals surface area contributed by atoms with Crippen LogP contribution in [0, 0.1) is 0 Å². The number of rotatable bonds is 2. The van der Waals surface area contributed by atoms with E-state index in [4.69, 9.17) is 0 Å². The lowest BCUT2D eigenvalue weighted by Gasteiger charge is -2.14. The number of allylic oxidation sites excluding steroid dienone is 1. The highest BCUT2D eigenvalue weighted by atomic mass is 16.2. The van der Waals surface area contributed by atoms with E-state index < -0.39 is 5.91 Å². The fourth-order valence-corrected chi connectivity index (χ4v) is 2.83. The Labute approximate surface area is 131 Å². The van der Waals surface area contributed by atoms with Crippen LogP contribution in [0.2, 0.25) is 0 Å². The standard InChI is InChI=1S/C17H14N4O2/c22-13-8-10-21-12-7-4-9-18-15(12)20-16(21)14(13)17(23)19-11-5-2-1-3-6-11/h1-7,9H,8,10H2,(H,18,20)(H,19,23). The van der Waals surface area contributed by atoms with Crippen molar-refractivity contribution in [3.63, 3.8) is 0 Å². The van der Waals surface area contributed by atoms with Crippen LogP contribution in [0.25, 0.3) is 11.6 Å². The second-order valence-corrected chi connectivity index (χ2v) is 5.36. The Bertz CT molecular complexity index is 954. The van der Waals surface area contributed by atoms with Gasteiger partial charge < -0.3 is 15.2 Å². The van der Waals surface area contributed by atoms with Crippen molar-refractivity contribution in [1.29, 1.82) is 0 Å². The monoisotopic (exact) mass is 306 g/mol. The highest BCUT2D eigenvalue weighted by Gasteiger charge is 2.27. The number of fused-ring (bicyclic) bond motifs is 3. The van der Waals surface area contributed by atoms with Crippen LogP contribution in [0.1, 0.15) is 6.42 Å². The summed E-state index contributed by atoms with van der Waals surface area (Å²) in [5.74, 6) is 0.0703. The van der Waals surface area contributed by atoms with Gasteiger partial charge in [-0.3, -0.25) is 9.59 Å². The summed E-state index contributed by atoms with van der Waals surface area (Å²) >= 11 is 0. The van der Waals surface area contributed by atoms with Crippen molar-refractivity contribution in [1.82, 2.24) is 9.55 Å². The number of ketones is 1. The fraction of sp³-hybridized carbons (Fsp3) is 0.118. The molecule has 2 aliphatic heterocycles. The first-order chi connectivity index (χ1) is 11.2. The summed E-state index contributed by atoms with van der Waals surface area (Å²) in [7, 11) is 0. The van der Waals surface area contributed by atoms with E-state index >= 15 is 0 Å². The maximum atomic E-state index is 12.6. The van der Waals surface area contributed by atoms with Crippen LogP contribution in [0.15, 0.2) is 42.6 Å². The molecule has 0 atom stereocenters. The van der Waals surface area contributed by atoms with E-state index in [-0.39, 0.29) is 11.4 Å². The minimum atomic E-state index is -0.419. The van der Waals surface area contributed by atoms with Crippen LogP contribution in [-0.2, 0) is 16.1 Å². The first-order valence-electron chi connectivity index (χ1n) is 7.38. The molecule has 114 valence electrons. The zero-order chi connectivity index (χ0) is 15.8. The van der Waals surface area contributed by atoms with Crippen LogP contribution in [-0.4, -0.2) is 21.2 Å². The van der Waals surface area contributed by atoms with Crippen molar-refractivity contribution in [2.75, 3.05) is 10.6 Å². The number of aromatic nitrogens is 2. The topological polar surface area (TPSA) is 76.0 Å². The van der Waals surface area contributed by atoms with Gasteiger partial charge in [0.2, 0.25) is 0 Å². The van der Waals surface area contributed by atoms with Gasteiger partial charge in [0.25, 0.3) is 5.91 Å². The third-order valence-electron chi connectivity index (χ3n) is 3.90. The number of carbonyl (C=O) groups excluding carboxylic acids is 2. The molecule has 6 heteroatoms. The summed E-state index contributed by atoms with van der Waals surface area (Å²) in [4.78, 5) is 29.3. The second kappa shape index (κ2) is 5.24. The molecular weight excluding hydrogens is 292 g/mol. The number of amides is 1. The molecule has 0 aliphatic carbocycles. The molecule has 0 saturated carbocycles. The van der Waals surface area contributed by atoms with Crippen molar-refractivity contribution in [3.05, 3.63) is 53.4 Å². The Kier molecular flexibility index (Phi) is 3.08. The van der Waals surface area contributed by atoms with Gasteiger partial charge in [-0.15, -0.1) is 0 Å². The largest absolute Gasteiger partial charge is 0.345 e. The molecule has 1 amide bonds. The van der Waals surface area contributed by atoms with Gasteiger partial charge in [-0.1, -0.05) is 18.2 Å². The summed E-state index contributed by atoms with van der Waals surface area (Å²) in [6.45, 7) is 0.532. The average Bonchev–Trinajstić information content (AvgIpc) is 2.93. The zero-order valence-electron chi connectivity index (χ0n) is 12.2. The minimum Gasteiger partial charge on any atom is -0.345 e. The predicted octanol–water partition coefficient (Wildman–Crippen LogP) is 0.365. The number of benzene rings is 1. The molecule has 2 aromatic rings. The van der Waals surface area contributed by atoms with E-state index in [0.717, 1.165) is 5.35 Å². The highest BCUT2D eigenvalue weighted by Crippen LogP contribution is 2.12. The molecule has 0 fully saturated rings. The average molecular weight is 306 g/mol. The Balaban J connectivity index is 1.84. The number of nitrogens with zero attached hydrogens (tertiary/aromatic N) is 2. The summed E-state index contributed by atoms with van der Waals surface area (Å²) in [5.41, 5.74) is 1.19. The molecule has 23 heavy (non-hydrogen) atoms. The molecule has 1 aromatic carbocycles. The minimum absolute atomic E-state index is 0.115. The van der Waals surface area contributed by atoms with Gasteiger partial charge in [0, 0.05) is 24.9 Å². The predicted molar refractivity (Wildman–Crippen MR) is 86.8 cm³/mol. The molecule has 2 N–H and O–H groups in total. The number of nitrogens with one attached hydrogen (secondary N) is 2. The molecule has 0 radical (unpaired) electrons. The summed E-state index contributed by atoms with van der Waals surface area (Å²) < 4.78 is 1.91. The van der Waals surface area contributed by atoms with E-state index in [2.05, 4.69) is 15.6 Å². The lowest BCUT2D eigenvalue weighted by Crippen LogP contribution is -2.40. The molecule has 0 unspecified atom stereocenters. The van der Waals surface area contributed by atoms with E-state index in [9.17, 15) is 9.59 Å². The van der Waals surface area contributed by atoms with Gasteiger partial charge in [-0.25, -0.2) is 4.98 Å². The molecule has 2 aliphatic rings. The molecule has 4 rings (SSSR count). The number of imidazole rings is 1. The maximum absolute atomic E-state index is 12.6. The number of Topliss-reactive ketones (excluding diaryl/α,β-unsaturated/α-hetero) is 1. The number of para-hydroxylation sites is 1.